The number of carbonyl (C=O) groups excluding carboxylic acids is 1. The highest BCUT2D eigenvalue weighted by molar-refractivity contribution is 5.93. The minimum absolute atomic E-state index is 0.0274. The molecular formula is C12H19N3O. The second-order valence-corrected chi connectivity index (χ2v) is 4.18. The molecule has 0 aliphatic rings. The average Bonchev–Trinajstić information content (AvgIpc) is 2.28. The van der Waals surface area contributed by atoms with Gasteiger partial charge in [-0.05, 0) is 17.5 Å². The van der Waals surface area contributed by atoms with Gasteiger partial charge in [0.1, 0.15) is 0 Å². The smallest absolute Gasteiger partial charge is 0.255 e. The molecule has 4 nitrogen and oxygen atoms in total. The molecule has 1 amide bonds. The van der Waals surface area contributed by atoms with E-state index in [2.05, 4.69) is 18.8 Å². The molecule has 0 atom stereocenters. The second-order valence-electron chi connectivity index (χ2n) is 4.18. The summed E-state index contributed by atoms with van der Waals surface area (Å²) in [5.41, 5.74) is 7.12. The average molecular weight is 221 g/mol. The summed E-state index contributed by atoms with van der Waals surface area (Å²) < 4.78 is 0. The molecule has 0 unspecified atom stereocenters. The van der Waals surface area contributed by atoms with E-state index < -0.39 is 0 Å². The van der Waals surface area contributed by atoms with Crippen LogP contribution in [0.2, 0.25) is 0 Å². The van der Waals surface area contributed by atoms with Crippen molar-refractivity contribution in [2.45, 2.75) is 19.8 Å². The van der Waals surface area contributed by atoms with E-state index >= 15 is 0 Å². The predicted molar refractivity (Wildman–Crippen MR) is 64.3 cm³/mol. The molecule has 0 aromatic carbocycles. The molecule has 0 bridgehead atoms. The Hall–Kier alpha value is -1.42. The minimum Gasteiger partial charge on any atom is -0.340 e. The van der Waals surface area contributed by atoms with Gasteiger partial charge in [-0.25, -0.2) is 0 Å². The molecular weight excluding hydrogens is 202 g/mol. The first-order valence-corrected chi connectivity index (χ1v) is 5.46. The third kappa shape index (κ3) is 3.03. The molecule has 0 aliphatic carbocycles. The maximum atomic E-state index is 11.9. The van der Waals surface area contributed by atoms with Crippen molar-refractivity contribution in [3.05, 3.63) is 29.6 Å². The largest absolute Gasteiger partial charge is 0.340 e. The molecule has 0 aliphatic heterocycles. The van der Waals surface area contributed by atoms with Crippen LogP contribution in [0.15, 0.2) is 18.5 Å². The van der Waals surface area contributed by atoms with E-state index in [1.54, 1.807) is 24.3 Å². The number of hydrogen-bond donors (Lipinski definition) is 1. The molecule has 1 aromatic rings. The van der Waals surface area contributed by atoms with E-state index in [1.165, 1.54) is 0 Å². The van der Waals surface area contributed by atoms with Crippen LogP contribution in [-0.4, -0.2) is 35.9 Å². The zero-order chi connectivity index (χ0) is 12.1. The molecule has 1 aromatic heterocycles. The molecule has 2 N–H and O–H groups in total. The normalized spacial score (nSPS) is 10.6. The van der Waals surface area contributed by atoms with E-state index in [-0.39, 0.29) is 5.91 Å². The standard InChI is InChI=1S/C12H19N3O/c1-9(2)10-6-11(8-14-7-10)12(16)15(3)5-4-13/h6-9H,4-5,13H2,1-3H3. The Morgan fingerprint density at radius 2 is 2.19 bits per heavy atom. The van der Waals surface area contributed by atoms with E-state index in [0.717, 1.165) is 5.56 Å². The van der Waals surface area contributed by atoms with Crippen LogP contribution in [0, 0.1) is 0 Å². The van der Waals surface area contributed by atoms with Gasteiger partial charge in [0.05, 0.1) is 5.56 Å². The van der Waals surface area contributed by atoms with Gasteiger partial charge in [-0.1, -0.05) is 13.8 Å². The number of carbonyl (C=O) groups is 1. The maximum absolute atomic E-state index is 11.9. The van der Waals surface area contributed by atoms with Crippen molar-refractivity contribution in [1.82, 2.24) is 9.88 Å². The van der Waals surface area contributed by atoms with Gasteiger partial charge in [0.2, 0.25) is 0 Å². The summed E-state index contributed by atoms with van der Waals surface area (Å²) in [6, 6.07) is 1.90. The zero-order valence-corrected chi connectivity index (χ0v) is 10.1. The highest BCUT2D eigenvalue weighted by Crippen LogP contribution is 2.14. The summed E-state index contributed by atoms with van der Waals surface area (Å²) in [7, 11) is 1.75. The van der Waals surface area contributed by atoms with Crippen molar-refractivity contribution in [3.63, 3.8) is 0 Å². The van der Waals surface area contributed by atoms with Gasteiger partial charge in [-0.3, -0.25) is 9.78 Å². The van der Waals surface area contributed by atoms with Crippen molar-refractivity contribution in [2.75, 3.05) is 20.1 Å². The molecule has 88 valence electrons. The van der Waals surface area contributed by atoms with Crippen LogP contribution in [0.3, 0.4) is 0 Å². The van der Waals surface area contributed by atoms with Gasteiger partial charge >= 0.3 is 0 Å². The highest BCUT2D eigenvalue weighted by Gasteiger charge is 2.12. The quantitative estimate of drug-likeness (QED) is 0.832. The summed E-state index contributed by atoms with van der Waals surface area (Å²) >= 11 is 0. The maximum Gasteiger partial charge on any atom is 0.255 e. The summed E-state index contributed by atoms with van der Waals surface area (Å²) in [6.45, 7) is 5.19. The minimum atomic E-state index is -0.0274. The van der Waals surface area contributed by atoms with Crippen molar-refractivity contribution in [2.24, 2.45) is 5.73 Å². The van der Waals surface area contributed by atoms with Crippen LogP contribution in [0.4, 0.5) is 0 Å². The molecule has 1 rings (SSSR count). The van der Waals surface area contributed by atoms with E-state index in [4.69, 9.17) is 5.73 Å². The number of likely N-dealkylation sites (N-methyl/N-ethyl adjacent to an activating group) is 1. The number of nitrogens with zero attached hydrogens (tertiary/aromatic N) is 2. The van der Waals surface area contributed by atoms with E-state index in [1.807, 2.05) is 6.07 Å². The van der Waals surface area contributed by atoms with Gasteiger partial charge < -0.3 is 10.6 Å². The van der Waals surface area contributed by atoms with Crippen LogP contribution in [-0.2, 0) is 0 Å². The van der Waals surface area contributed by atoms with Crippen molar-refractivity contribution >= 4 is 5.91 Å². The number of hydrogen-bond acceptors (Lipinski definition) is 3. The number of aromatic nitrogens is 1. The van der Waals surface area contributed by atoms with Crippen LogP contribution in [0.25, 0.3) is 0 Å². The SMILES string of the molecule is CC(C)c1cncc(C(=O)N(C)CCN)c1. The van der Waals surface area contributed by atoms with E-state index in [0.29, 0.717) is 24.6 Å². The lowest BCUT2D eigenvalue weighted by Crippen LogP contribution is -2.31. The molecule has 0 fully saturated rings. The molecule has 0 saturated heterocycles. The lowest BCUT2D eigenvalue weighted by Gasteiger charge is -2.16. The van der Waals surface area contributed by atoms with Gasteiger partial charge in [0.15, 0.2) is 0 Å². The van der Waals surface area contributed by atoms with Gasteiger partial charge in [0, 0.05) is 32.5 Å². The monoisotopic (exact) mass is 221 g/mol. The summed E-state index contributed by atoms with van der Waals surface area (Å²) in [5.74, 6) is 0.348. The van der Waals surface area contributed by atoms with Crippen LogP contribution < -0.4 is 5.73 Å². The zero-order valence-electron chi connectivity index (χ0n) is 10.1. The Balaban J connectivity index is 2.87. The molecule has 1 heterocycles. The number of rotatable bonds is 4. The first-order chi connectivity index (χ1) is 7.56. The van der Waals surface area contributed by atoms with Crippen LogP contribution in [0.5, 0.6) is 0 Å². The number of nitrogens with two attached hydrogens (primary N) is 1. The topological polar surface area (TPSA) is 59.2 Å². The van der Waals surface area contributed by atoms with Crippen molar-refractivity contribution in [3.8, 4) is 0 Å². The summed E-state index contributed by atoms with van der Waals surface area (Å²) in [6.07, 6.45) is 3.39. The first-order valence-electron chi connectivity index (χ1n) is 5.46. The van der Waals surface area contributed by atoms with Crippen molar-refractivity contribution in [1.29, 1.82) is 0 Å². The fourth-order valence-electron chi connectivity index (χ4n) is 1.41. The Labute approximate surface area is 96.5 Å². The Morgan fingerprint density at radius 3 is 2.75 bits per heavy atom. The number of amides is 1. The fourth-order valence-corrected chi connectivity index (χ4v) is 1.41. The Bertz CT molecular complexity index is 363. The van der Waals surface area contributed by atoms with Crippen LogP contribution in [0.1, 0.15) is 35.7 Å². The molecule has 0 spiro atoms. The third-order valence-electron chi connectivity index (χ3n) is 2.48. The lowest BCUT2D eigenvalue weighted by molar-refractivity contribution is 0.0798. The number of pyridine rings is 1. The van der Waals surface area contributed by atoms with Gasteiger partial charge in [-0.2, -0.15) is 0 Å². The van der Waals surface area contributed by atoms with Crippen molar-refractivity contribution < 1.29 is 4.79 Å². The summed E-state index contributed by atoms with van der Waals surface area (Å²) in [5, 5.41) is 0. The fraction of sp³-hybridized carbons (Fsp3) is 0.500. The van der Waals surface area contributed by atoms with Gasteiger partial charge in [0.25, 0.3) is 5.91 Å². The third-order valence-corrected chi connectivity index (χ3v) is 2.48. The second kappa shape index (κ2) is 5.61. The first kappa shape index (κ1) is 12.6. The molecule has 16 heavy (non-hydrogen) atoms. The van der Waals surface area contributed by atoms with Gasteiger partial charge in [-0.15, -0.1) is 0 Å². The Kier molecular flexibility index (Phi) is 4.43. The van der Waals surface area contributed by atoms with Crippen LogP contribution >= 0.6 is 0 Å². The molecule has 0 radical (unpaired) electrons. The lowest BCUT2D eigenvalue weighted by atomic mass is 10.0. The van der Waals surface area contributed by atoms with E-state index in [9.17, 15) is 4.79 Å². The predicted octanol–water partition coefficient (Wildman–Crippen LogP) is 1.24. The highest BCUT2D eigenvalue weighted by atomic mass is 16.2. The Morgan fingerprint density at radius 1 is 1.50 bits per heavy atom. The molecule has 0 saturated carbocycles. The summed E-state index contributed by atoms with van der Waals surface area (Å²) in [4.78, 5) is 17.6. The molecule has 4 heteroatoms.